The number of hydrogen-bond donors (Lipinski definition) is 2. The molecule has 1 atom stereocenters. The van der Waals surface area contributed by atoms with Crippen LogP contribution < -0.4 is 4.72 Å². The lowest BCUT2D eigenvalue weighted by molar-refractivity contribution is 0.282. The van der Waals surface area contributed by atoms with E-state index >= 15 is 0 Å². The highest BCUT2D eigenvalue weighted by molar-refractivity contribution is 7.89. The summed E-state index contributed by atoms with van der Waals surface area (Å²) < 4.78 is 28.2. The molecule has 0 amide bonds. The number of thiophene rings is 2. The fraction of sp³-hybridized carbons (Fsp3) is 0.429. The summed E-state index contributed by atoms with van der Waals surface area (Å²) in [5, 5.41) is 13.0. The van der Waals surface area contributed by atoms with E-state index in [1.807, 2.05) is 31.4 Å². The Labute approximate surface area is 133 Å². The van der Waals surface area contributed by atoms with Crippen molar-refractivity contribution in [1.29, 1.82) is 0 Å². The maximum Gasteiger partial charge on any atom is 0.242 e. The van der Waals surface area contributed by atoms with E-state index in [1.54, 1.807) is 12.3 Å². The molecule has 0 saturated carbocycles. The molecule has 2 rings (SSSR count). The van der Waals surface area contributed by atoms with Crippen molar-refractivity contribution in [3.8, 4) is 0 Å². The molecule has 0 aliphatic heterocycles. The van der Waals surface area contributed by atoms with E-state index in [2.05, 4.69) is 4.72 Å². The molecule has 0 aromatic carbocycles. The molecular formula is C14H19NO3S3. The number of rotatable bonds is 6. The molecule has 2 N–H and O–H groups in total. The van der Waals surface area contributed by atoms with Crippen LogP contribution in [0.2, 0.25) is 0 Å². The Bertz CT molecular complexity index is 687. The quantitative estimate of drug-likeness (QED) is 0.844. The van der Waals surface area contributed by atoms with Gasteiger partial charge in [0.2, 0.25) is 10.0 Å². The van der Waals surface area contributed by atoms with Crippen molar-refractivity contribution in [1.82, 2.24) is 4.72 Å². The van der Waals surface area contributed by atoms with Crippen LogP contribution in [0.5, 0.6) is 0 Å². The largest absolute Gasteiger partial charge is 0.391 e. The Hall–Kier alpha value is -0.730. The fourth-order valence-corrected chi connectivity index (χ4v) is 6.22. The number of hydrogen-bond acceptors (Lipinski definition) is 5. The van der Waals surface area contributed by atoms with Crippen LogP contribution in [0.4, 0.5) is 0 Å². The maximum atomic E-state index is 12.7. The van der Waals surface area contributed by atoms with Crippen molar-refractivity contribution in [3.63, 3.8) is 0 Å². The smallest absolute Gasteiger partial charge is 0.242 e. The molecule has 0 radical (unpaired) electrons. The van der Waals surface area contributed by atoms with Crippen LogP contribution in [-0.2, 0) is 16.6 Å². The van der Waals surface area contributed by atoms with E-state index in [4.69, 9.17) is 0 Å². The van der Waals surface area contributed by atoms with Gasteiger partial charge in [0.1, 0.15) is 4.90 Å². The van der Waals surface area contributed by atoms with Crippen molar-refractivity contribution in [2.45, 2.75) is 38.3 Å². The number of aliphatic hydroxyl groups excluding tert-OH is 1. The summed E-state index contributed by atoms with van der Waals surface area (Å²) in [6.45, 7) is 5.46. The molecule has 0 spiro atoms. The molecule has 1 unspecified atom stereocenters. The zero-order valence-corrected chi connectivity index (χ0v) is 14.6. The van der Waals surface area contributed by atoms with Gasteiger partial charge in [-0.1, -0.05) is 19.9 Å². The zero-order valence-electron chi connectivity index (χ0n) is 12.2. The van der Waals surface area contributed by atoms with Gasteiger partial charge in [-0.05, 0) is 35.2 Å². The molecule has 0 bridgehead atoms. The Morgan fingerprint density at radius 2 is 2.05 bits per heavy atom. The highest BCUT2D eigenvalue weighted by atomic mass is 32.2. The Morgan fingerprint density at radius 3 is 2.57 bits per heavy atom. The topological polar surface area (TPSA) is 66.4 Å². The minimum atomic E-state index is -3.65. The Kier molecular flexibility index (Phi) is 5.21. The van der Waals surface area contributed by atoms with Gasteiger partial charge in [-0.15, -0.1) is 22.7 Å². The van der Waals surface area contributed by atoms with Crippen LogP contribution in [0.1, 0.15) is 35.2 Å². The molecule has 2 heterocycles. The molecule has 0 fully saturated rings. The minimum absolute atomic E-state index is 0.134. The molecule has 0 aliphatic carbocycles. The van der Waals surface area contributed by atoms with Crippen LogP contribution in [0.15, 0.2) is 27.8 Å². The van der Waals surface area contributed by atoms with Gasteiger partial charge in [0.05, 0.1) is 17.5 Å². The summed E-state index contributed by atoms with van der Waals surface area (Å²) in [5.74, 6) is 0.134. The van der Waals surface area contributed by atoms with E-state index in [0.29, 0.717) is 10.4 Å². The van der Waals surface area contributed by atoms with Gasteiger partial charge in [-0.25, -0.2) is 13.1 Å². The van der Waals surface area contributed by atoms with Gasteiger partial charge in [0, 0.05) is 4.88 Å². The van der Waals surface area contributed by atoms with Crippen LogP contribution in [0.3, 0.4) is 0 Å². The van der Waals surface area contributed by atoms with Crippen LogP contribution in [0.25, 0.3) is 0 Å². The van der Waals surface area contributed by atoms with Gasteiger partial charge in [0.25, 0.3) is 0 Å². The lowest BCUT2D eigenvalue weighted by Crippen LogP contribution is -2.32. The summed E-state index contributed by atoms with van der Waals surface area (Å²) in [4.78, 5) is 1.69. The molecule has 4 nitrogen and oxygen atoms in total. The van der Waals surface area contributed by atoms with Crippen molar-refractivity contribution in [3.05, 3.63) is 38.2 Å². The standard InChI is InChI=1S/C14H19NO3S3/c1-9(2)13(11-5-4-6-19-11)15-21(17,18)14-10(3)8-20-12(14)7-16/h4-6,8-9,13,15-16H,7H2,1-3H3. The zero-order chi connectivity index (χ0) is 15.6. The van der Waals surface area contributed by atoms with Crippen LogP contribution in [0, 0.1) is 12.8 Å². The molecule has 0 saturated heterocycles. The lowest BCUT2D eigenvalue weighted by Gasteiger charge is -2.21. The van der Waals surface area contributed by atoms with E-state index in [1.165, 1.54) is 22.7 Å². The predicted octanol–water partition coefficient (Wildman–Crippen LogP) is 3.29. The van der Waals surface area contributed by atoms with Crippen molar-refractivity contribution in [2.75, 3.05) is 0 Å². The summed E-state index contributed by atoms with van der Waals surface area (Å²) in [7, 11) is -3.65. The third-order valence-electron chi connectivity index (χ3n) is 3.20. The second-order valence-electron chi connectivity index (χ2n) is 5.19. The van der Waals surface area contributed by atoms with Gasteiger partial charge in [0.15, 0.2) is 0 Å². The monoisotopic (exact) mass is 345 g/mol. The summed E-state index contributed by atoms with van der Waals surface area (Å²) in [6, 6.07) is 3.59. The van der Waals surface area contributed by atoms with Crippen molar-refractivity contribution in [2.24, 2.45) is 5.92 Å². The average molecular weight is 346 g/mol. The summed E-state index contributed by atoms with van der Waals surface area (Å²) in [6.07, 6.45) is 0. The third kappa shape index (κ3) is 3.54. The molecule has 2 aromatic heterocycles. The van der Waals surface area contributed by atoms with Crippen molar-refractivity contribution < 1.29 is 13.5 Å². The fourth-order valence-electron chi connectivity index (χ4n) is 2.17. The first-order valence-electron chi connectivity index (χ1n) is 6.60. The van der Waals surface area contributed by atoms with Crippen LogP contribution in [-0.4, -0.2) is 13.5 Å². The number of nitrogens with one attached hydrogen (secondary N) is 1. The summed E-state index contributed by atoms with van der Waals surface area (Å²) in [5.41, 5.74) is 0.672. The number of aliphatic hydroxyl groups is 1. The van der Waals surface area contributed by atoms with E-state index in [-0.39, 0.29) is 23.5 Å². The first-order chi connectivity index (χ1) is 9.86. The van der Waals surface area contributed by atoms with Crippen molar-refractivity contribution >= 4 is 32.7 Å². The minimum Gasteiger partial charge on any atom is -0.391 e. The van der Waals surface area contributed by atoms with Gasteiger partial charge < -0.3 is 5.11 Å². The average Bonchev–Trinajstić information content (AvgIpc) is 3.04. The predicted molar refractivity (Wildman–Crippen MR) is 87.2 cm³/mol. The number of aryl methyl sites for hydroxylation is 1. The van der Waals surface area contributed by atoms with E-state index < -0.39 is 10.0 Å². The normalized spacial score (nSPS) is 13.8. The second-order valence-corrected chi connectivity index (χ2v) is 8.78. The van der Waals surface area contributed by atoms with E-state index in [0.717, 1.165) is 4.88 Å². The van der Waals surface area contributed by atoms with Gasteiger partial charge >= 0.3 is 0 Å². The molecule has 2 aromatic rings. The van der Waals surface area contributed by atoms with Gasteiger partial charge in [-0.2, -0.15) is 0 Å². The molecule has 21 heavy (non-hydrogen) atoms. The molecule has 7 heteroatoms. The SMILES string of the molecule is Cc1csc(CO)c1S(=O)(=O)NC(c1cccs1)C(C)C. The van der Waals surface area contributed by atoms with Crippen LogP contribution >= 0.6 is 22.7 Å². The third-order valence-corrected chi connectivity index (χ3v) is 7.04. The Morgan fingerprint density at radius 1 is 1.33 bits per heavy atom. The molecular weight excluding hydrogens is 326 g/mol. The number of sulfonamides is 1. The first kappa shape index (κ1) is 16.6. The molecule has 0 aliphatic rings. The Balaban J connectivity index is 2.38. The summed E-state index contributed by atoms with van der Waals surface area (Å²) >= 11 is 2.81. The highest BCUT2D eigenvalue weighted by Gasteiger charge is 2.28. The molecule has 116 valence electrons. The van der Waals surface area contributed by atoms with Gasteiger partial charge in [-0.3, -0.25) is 0 Å². The highest BCUT2D eigenvalue weighted by Crippen LogP contribution is 2.31. The second kappa shape index (κ2) is 6.58. The maximum absolute atomic E-state index is 12.7. The lowest BCUT2D eigenvalue weighted by atomic mass is 10.0. The first-order valence-corrected chi connectivity index (χ1v) is 9.84. The van der Waals surface area contributed by atoms with E-state index in [9.17, 15) is 13.5 Å².